The summed E-state index contributed by atoms with van der Waals surface area (Å²) in [6, 6.07) is 12.0. The minimum absolute atomic E-state index is 0.250. The number of hydrogen-bond donors (Lipinski definition) is 1. The summed E-state index contributed by atoms with van der Waals surface area (Å²) in [5.41, 5.74) is 1.27. The SMILES string of the molecule is CNC(=O)C(C)n1nc(-c2ccccc2)ccc1=O. The van der Waals surface area contributed by atoms with Gasteiger partial charge in [0.25, 0.3) is 5.56 Å². The van der Waals surface area contributed by atoms with Gasteiger partial charge in [0, 0.05) is 18.7 Å². The second-order valence-corrected chi connectivity index (χ2v) is 4.16. The van der Waals surface area contributed by atoms with Crippen LogP contribution in [0.5, 0.6) is 0 Å². The predicted octanol–water partition coefficient (Wildman–Crippen LogP) is 1.22. The van der Waals surface area contributed by atoms with Gasteiger partial charge in [-0.25, -0.2) is 4.68 Å². The number of aromatic nitrogens is 2. The number of nitrogens with one attached hydrogen (secondary N) is 1. The molecule has 1 N–H and O–H groups in total. The smallest absolute Gasteiger partial charge is 0.267 e. The summed E-state index contributed by atoms with van der Waals surface area (Å²) >= 11 is 0. The van der Waals surface area contributed by atoms with Gasteiger partial charge in [-0.2, -0.15) is 5.10 Å². The molecule has 1 atom stereocenters. The molecule has 0 fully saturated rings. The second-order valence-electron chi connectivity index (χ2n) is 4.16. The zero-order valence-corrected chi connectivity index (χ0v) is 10.8. The predicted molar refractivity (Wildman–Crippen MR) is 72.7 cm³/mol. The maximum atomic E-state index is 11.8. The molecule has 1 aromatic heterocycles. The van der Waals surface area contributed by atoms with Gasteiger partial charge in [0.05, 0.1) is 5.69 Å². The standard InChI is InChI=1S/C14H15N3O2/c1-10(14(19)15-2)17-13(18)9-8-12(16-17)11-6-4-3-5-7-11/h3-10H,1-2H3,(H,15,19). The van der Waals surface area contributed by atoms with Crippen molar-refractivity contribution in [1.29, 1.82) is 0 Å². The number of amides is 1. The van der Waals surface area contributed by atoms with Crippen LogP contribution < -0.4 is 10.9 Å². The zero-order chi connectivity index (χ0) is 13.8. The lowest BCUT2D eigenvalue weighted by Crippen LogP contribution is -2.35. The monoisotopic (exact) mass is 257 g/mol. The highest BCUT2D eigenvalue weighted by Gasteiger charge is 2.16. The average Bonchev–Trinajstić information content (AvgIpc) is 2.47. The van der Waals surface area contributed by atoms with Gasteiger partial charge in [-0.3, -0.25) is 9.59 Å². The molecule has 1 amide bonds. The number of carbonyl (C=O) groups is 1. The van der Waals surface area contributed by atoms with E-state index in [2.05, 4.69) is 10.4 Å². The lowest BCUT2D eigenvalue weighted by molar-refractivity contribution is -0.123. The first-order valence-electron chi connectivity index (χ1n) is 6.00. The van der Waals surface area contributed by atoms with E-state index in [1.54, 1.807) is 13.0 Å². The Bertz CT molecular complexity index is 635. The van der Waals surface area contributed by atoms with Gasteiger partial charge in [0.2, 0.25) is 5.91 Å². The van der Waals surface area contributed by atoms with Crippen molar-refractivity contribution < 1.29 is 4.79 Å². The molecule has 5 heteroatoms. The molecule has 19 heavy (non-hydrogen) atoms. The first-order valence-corrected chi connectivity index (χ1v) is 6.00. The Hall–Kier alpha value is -2.43. The fourth-order valence-electron chi connectivity index (χ4n) is 1.79. The lowest BCUT2D eigenvalue weighted by Gasteiger charge is -2.13. The van der Waals surface area contributed by atoms with E-state index in [0.717, 1.165) is 5.56 Å². The number of rotatable bonds is 3. The minimum atomic E-state index is -0.638. The number of nitrogens with zero attached hydrogens (tertiary/aromatic N) is 2. The van der Waals surface area contributed by atoms with Crippen molar-refractivity contribution in [3.8, 4) is 11.3 Å². The van der Waals surface area contributed by atoms with Crippen LogP contribution >= 0.6 is 0 Å². The third-order valence-corrected chi connectivity index (χ3v) is 2.89. The molecule has 0 saturated carbocycles. The number of benzene rings is 1. The molecule has 0 aliphatic carbocycles. The third-order valence-electron chi connectivity index (χ3n) is 2.89. The Morgan fingerprint density at radius 3 is 2.53 bits per heavy atom. The van der Waals surface area contributed by atoms with Gasteiger partial charge in [-0.1, -0.05) is 30.3 Å². The van der Waals surface area contributed by atoms with Gasteiger partial charge in [-0.15, -0.1) is 0 Å². The van der Waals surface area contributed by atoms with Crippen molar-refractivity contribution >= 4 is 5.91 Å². The molecule has 1 heterocycles. The first-order chi connectivity index (χ1) is 9.13. The van der Waals surface area contributed by atoms with Gasteiger partial charge < -0.3 is 5.32 Å². The molecule has 2 aromatic rings. The number of likely N-dealkylation sites (N-methyl/N-ethyl adjacent to an activating group) is 1. The summed E-state index contributed by atoms with van der Waals surface area (Å²) in [7, 11) is 1.53. The van der Waals surface area contributed by atoms with Gasteiger partial charge in [0.1, 0.15) is 6.04 Å². The van der Waals surface area contributed by atoms with E-state index in [1.165, 1.54) is 17.8 Å². The van der Waals surface area contributed by atoms with Crippen molar-refractivity contribution in [3.05, 3.63) is 52.8 Å². The van der Waals surface area contributed by atoms with Crippen molar-refractivity contribution in [2.24, 2.45) is 0 Å². The summed E-state index contributed by atoms with van der Waals surface area (Å²) in [6.45, 7) is 1.64. The van der Waals surface area contributed by atoms with Crippen LogP contribution in [0.1, 0.15) is 13.0 Å². The zero-order valence-electron chi connectivity index (χ0n) is 10.8. The Balaban J connectivity index is 2.46. The van der Waals surface area contributed by atoms with E-state index in [1.807, 2.05) is 30.3 Å². The molecule has 0 spiro atoms. The lowest BCUT2D eigenvalue weighted by atomic mass is 10.1. The summed E-state index contributed by atoms with van der Waals surface area (Å²) in [5.74, 6) is -0.250. The van der Waals surface area contributed by atoms with Crippen LogP contribution in [0.3, 0.4) is 0 Å². The maximum Gasteiger partial charge on any atom is 0.267 e. The molecule has 0 radical (unpaired) electrons. The molecule has 5 nitrogen and oxygen atoms in total. The molecule has 0 saturated heterocycles. The highest BCUT2D eigenvalue weighted by atomic mass is 16.2. The van der Waals surface area contributed by atoms with Crippen molar-refractivity contribution in [1.82, 2.24) is 15.1 Å². The van der Waals surface area contributed by atoms with E-state index in [0.29, 0.717) is 5.69 Å². The van der Waals surface area contributed by atoms with Crippen LogP contribution in [0, 0.1) is 0 Å². The first kappa shape index (κ1) is 13.0. The van der Waals surface area contributed by atoms with Crippen molar-refractivity contribution in [3.63, 3.8) is 0 Å². The second kappa shape index (κ2) is 5.48. The Kier molecular flexibility index (Phi) is 3.75. The van der Waals surface area contributed by atoms with Gasteiger partial charge in [0.15, 0.2) is 0 Å². The molecule has 98 valence electrons. The highest BCUT2D eigenvalue weighted by molar-refractivity contribution is 5.79. The van der Waals surface area contributed by atoms with Crippen LogP contribution in [0.25, 0.3) is 11.3 Å². The Morgan fingerprint density at radius 2 is 1.89 bits per heavy atom. The Morgan fingerprint density at radius 1 is 1.21 bits per heavy atom. The largest absolute Gasteiger partial charge is 0.357 e. The molecule has 1 aromatic carbocycles. The van der Waals surface area contributed by atoms with E-state index < -0.39 is 6.04 Å². The van der Waals surface area contributed by atoms with Crippen LogP contribution in [0.15, 0.2) is 47.3 Å². The van der Waals surface area contributed by atoms with Crippen LogP contribution in [0.4, 0.5) is 0 Å². The summed E-state index contributed by atoms with van der Waals surface area (Å²) < 4.78 is 1.20. The van der Waals surface area contributed by atoms with Crippen molar-refractivity contribution in [2.75, 3.05) is 7.05 Å². The maximum absolute atomic E-state index is 11.8. The number of carbonyl (C=O) groups excluding carboxylic acids is 1. The molecular formula is C14H15N3O2. The molecule has 2 rings (SSSR count). The van der Waals surface area contributed by atoms with Gasteiger partial charge in [-0.05, 0) is 13.0 Å². The number of hydrogen-bond acceptors (Lipinski definition) is 3. The fourth-order valence-corrected chi connectivity index (χ4v) is 1.79. The highest BCUT2D eigenvalue weighted by Crippen LogP contribution is 2.15. The van der Waals surface area contributed by atoms with Crippen LogP contribution in [-0.4, -0.2) is 22.7 Å². The normalized spacial score (nSPS) is 11.9. The molecular weight excluding hydrogens is 242 g/mol. The topological polar surface area (TPSA) is 64.0 Å². The summed E-state index contributed by atoms with van der Waals surface area (Å²) in [5, 5.41) is 6.77. The third kappa shape index (κ3) is 2.70. The van der Waals surface area contributed by atoms with Gasteiger partial charge >= 0.3 is 0 Å². The molecule has 0 aliphatic rings. The van der Waals surface area contributed by atoms with Crippen molar-refractivity contribution in [2.45, 2.75) is 13.0 Å². The Labute approximate surface area is 110 Å². The fraction of sp³-hybridized carbons (Fsp3) is 0.214. The summed E-state index contributed by atoms with van der Waals surface area (Å²) in [6.07, 6.45) is 0. The van der Waals surface area contributed by atoms with Crippen LogP contribution in [-0.2, 0) is 4.79 Å². The van der Waals surface area contributed by atoms with E-state index in [4.69, 9.17) is 0 Å². The molecule has 0 bridgehead atoms. The van der Waals surface area contributed by atoms with E-state index >= 15 is 0 Å². The quantitative estimate of drug-likeness (QED) is 0.899. The van der Waals surface area contributed by atoms with E-state index in [9.17, 15) is 9.59 Å². The average molecular weight is 257 g/mol. The van der Waals surface area contributed by atoms with Crippen LogP contribution in [0.2, 0.25) is 0 Å². The molecule has 0 aliphatic heterocycles. The molecule has 1 unspecified atom stereocenters. The minimum Gasteiger partial charge on any atom is -0.357 e. The summed E-state index contributed by atoms with van der Waals surface area (Å²) in [4.78, 5) is 23.4. The van der Waals surface area contributed by atoms with E-state index in [-0.39, 0.29) is 11.5 Å².